The van der Waals surface area contributed by atoms with E-state index in [1.54, 1.807) is 6.92 Å². The number of rotatable bonds is 1. The highest BCUT2D eigenvalue weighted by molar-refractivity contribution is 5.87. The largest absolute Gasteiger partial charge is 0.389 e. The monoisotopic (exact) mass is 444 g/mol. The van der Waals surface area contributed by atoms with Gasteiger partial charge in [-0.2, -0.15) is 0 Å². The van der Waals surface area contributed by atoms with Crippen molar-refractivity contribution < 1.29 is 15.0 Å². The van der Waals surface area contributed by atoms with Crippen molar-refractivity contribution in [1.82, 2.24) is 0 Å². The van der Waals surface area contributed by atoms with Crippen molar-refractivity contribution in [3.05, 3.63) is 11.1 Å². The first kappa shape index (κ1) is 24.5. The average Bonchev–Trinajstić information content (AvgIpc) is 2.70. The predicted octanol–water partition coefficient (Wildman–Crippen LogP) is 5.89. The maximum absolute atomic E-state index is 14.4. The second-order valence-electron chi connectivity index (χ2n) is 13.3. The molecule has 0 aromatic rings. The fraction of sp³-hybridized carbons (Fsp3) is 0.897. The Kier molecular flexibility index (Phi) is 5.66. The molecule has 0 aliphatic heterocycles. The molecule has 0 radical (unpaired) electrons. The molecule has 0 aromatic carbocycles. The summed E-state index contributed by atoms with van der Waals surface area (Å²) in [5.41, 5.74) is 1.28. The highest BCUT2D eigenvalue weighted by Gasteiger charge is 2.73. The van der Waals surface area contributed by atoms with Gasteiger partial charge < -0.3 is 10.2 Å². The Balaban J connectivity index is 1.91. The molecule has 4 aliphatic carbocycles. The zero-order valence-corrected chi connectivity index (χ0v) is 22.2. The minimum absolute atomic E-state index is 0.0390. The Morgan fingerprint density at radius 1 is 1.00 bits per heavy atom. The molecule has 3 fully saturated rings. The molecule has 0 heterocycles. The zero-order valence-electron chi connectivity index (χ0n) is 22.2. The van der Waals surface area contributed by atoms with Gasteiger partial charge in [-0.25, -0.2) is 0 Å². The first-order valence-electron chi connectivity index (χ1n) is 13.3. The normalized spacial score (nSPS) is 56.9. The highest BCUT2D eigenvalue weighted by atomic mass is 16.3. The Hall–Kier alpha value is -0.670. The van der Waals surface area contributed by atoms with Crippen molar-refractivity contribution in [3.63, 3.8) is 0 Å². The van der Waals surface area contributed by atoms with Gasteiger partial charge in [-0.15, -0.1) is 0 Å². The van der Waals surface area contributed by atoms with E-state index >= 15 is 0 Å². The number of carbonyl (C=O) groups excluding carboxylic acids is 1. The summed E-state index contributed by atoms with van der Waals surface area (Å²) in [5, 5.41) is 22.4. The van der Waals surface area contributed by atoms with E-state index in [9.17, 15) is 15.0 Å². The summed E-state index contributed by atoms with van der Waals surface area (Å²) < 4.78 is 0. The highest BCUT2D eigenvalue weighted by Crippen LogP contribution is 2.74. The van der Waals surface area contributed by atoms with E-state index in [4.69, 9.17) is 0 Å². The van der Waals surface area contributed by atoms with Crippen LogP contribution in [0.5, 0.6) is 0 Å². The number of aliphatic hydroxyl groups is 2. The second kappa shape index (κ2) is 7.41. The number of carbonyl (C=O) groups is 1. The molecule has 3 heteroatoms. The van der Waals surface area contributed by atoms with Gasteiger partial charge in [0.05, 0.1) is 12.2 Å². The molecule has 4 aliphatic rings. The van der Waals surface area contributed by atoms with Crippen molar-refractivity contribution in [2.75, 3.05) is 0 Å². The van der Waals surface area contributed by atoms with E-state index in [0.717, 1.165) is 17.6 Å². The maximum atomic E-state index is 14.4. The van der Waals surface area contributed by atoms with Crippen LogP contribution in [-0.4, -0.2) is 28.2 Å². The lowest BCUT2D eigenvalue weighted by Gasteiger charge is -2.73. The Labute approximate surface area is 196 Å². The van der Waals surface area contributed by atoms with Gasteiger partial charge in [-0.1, -0.05) is 67.4 Å². The molecule has 13 unspecified atom stereocenters. The Morgan fingerprint density at radius 3 is 2.16 bits per heavy atom. The Morgan fingerprint density at radius 2 is 1.59 bits per heavy atom. The molecule has 3 nitrogen and oxygen atoms in total. The summed E-state index contributed by atoms with van der Waals surface area (Å²) >= 11 is 0. The molecular formula is C29H48O3. The summed E-state index contributed by atoms with van der Waals surface area (Å²) in [6.45, 7) is 22.6. The second-order valence-corrected chi connectivity index (χ2v) is 13.3. The third-order valence-electron chi connectivity index (χ3n) is 12.8. The van der Waals surface area contributed by atoms with Gasteiger partial charge in [-0.3, -0.25) is 4.79 Å². The van der Waals surface area contributed by atoms with Gasteiger partial charge >= 0.3 is 0 Å². The number of fused-ring (bicyclic) bond motifs is 3. The predicted molar refractivity (Wildman–Crippen MR) is 130 cm³/mol. The van der Waals surface area contributed by atoms with Crippen LogP contribution in [0.25, 0.3) is 0 Å². The van der Waals surface area contributed by atoms with E-state index < -0.39 is 17.6 Å². The first-order chi connectivity index (χ1) is 14.7. The summed E-state index contributed by atoms with van der Waals surface area (Å²) in [7, 11) is 0. The van der Waals surface area contributed by atoms with Crippen molar-refractivity contribution >= 4 is 5.78 Å². The van der Waals surface area contributed by atoms with Crippen LogP contribution >= 0.6 is 0 Å². The van der Waals surface area contributed by atoms with E-state index in [0.29, 0.717) is 35.4 Å². The fourth-order valence-electron chi connectivity index (χ4n) is 10.1. The molecule has 32 heavy (non-hydrogen) atoms. The van der Waals surface area contributed by atoms with E-state index in [-0.39, 0.29) is 28.6 Å². The molecule has 0 saturated heterocycles. The van der Waals surface area contributed by atoms with E-state index in [2.05, 4.69) is 62.3 Å². The molecule has 0 bridgehead atoms. The SMILES string of the molecule is CC1=C(C(C)O)C(O)C2(C)C(C)C3C(=O)C4C(C)C(C)CCC4C(C)C3(C)C(C)C2(C)C1. The van der Waals surface area contributed by atoms with Gasteiger partial charge in [-0.05, 0) is 78.6 Å². The fourth-order valence-corrected chi connectivity index (χ4v) is 10.1. The van der Waals surface area contributed by atoms with Crippen LogP contribution in [0, 0.1) is 63.6 Å². The zero-order chi connectivity index (χ0) is 24.1. The molecule has 3 saturated carbocycles. The van der Waals surface area contributed by atoms with Crippen LogP contribution in [0.15, 0.2) is 11.1 Å². The van der Waals surface area contributed by atoms with Gasteiger partial charge in [0, 0.05) is 17.3 Å². The number of aliphatic hydroxyl groups excluding tert-OH is 2. The van der Waals surface area contributed by atoms with Crippen LogP contribution in [0.4, 0.5) is 0 Å². The Bertz CT molecular complexity index is 828. The number of hydrogen-bond donors (Lipinski definition) is 2. The van der Waals surface area contributed by atoms with Crippen LogP contribution in [0.2, 0.25) is 0 Å². The molecule has 13 atom stereocenters. The molecule has 2 N–H and O–H groups in total. The topological polar surface area (TPSA) is 57.5 Å². The molecular weight excluding hydrogens is 396 g/mol. The van der Waals surface area contributed by atoms with Gasteiger partial charge in [0.2, 0.25) is 0 Å². The molecule has 0 spiro atoms. The standard InChI is InChI=1S/C29H48O3/c1-14-11-12-21-17(4)28(9)20(7)27(8)13-15(2)22(19(6)30)26(32)29(27,10)18(5)24(28)25(31)23(21)16(14)3/h14,16-21,23-24,26,30,32H,11-13H2,1-10H3. The van der Waals surface area contributed by atoms with Gasteiger partial charge in [0.25, 0.3) is 0 Å². The van der Waals surface area contributed by atoms with Crippen LogP contribution in [0.3, 0.4) is 0 Å². The smallest absolute Gasteiger partial charge is 0.140 e. The molecule has 4 rings (SSSR count). The number of Topliss-reactive ketones (excluding diaryl/α,β-unsaturated/α-hetero) is 1. The minimum atomic E-state index is -0.716. The van der Waals surface area contributed by atoms with Crippen molar-refractivity contribution in [1.29, 1.82) is 0 Å². The number of ketones is 1. The number of hydrogen-bond acceptors (Lipinski definition) is 3. The quantitative estimate of drug-likeness (QED) is 0.496. The van der Waals surface area contributed by atoms with Crippen molar-refractivity contribution in [3.8, 4) is 0 Å². The lowest BCUT2D eigenvalue weighted by molar-refractivity contribution is -0.248. The third-order valence-corrected chi connectivity index (χ3v) is 12.8. The van der Waals surface area contributed by atoms with Crippen LogP contribution in [0.1, 0.15) is 88.5 Å². The summed E-state index contributed by atoms with van der Waals surface area (Å²) in [5.74, 6) is 2.96. The lowest BCUT2D eigenvalue weighted by atomic mass is 9.31. The van der Waals surface area contributed by atoms with Crippen LogP contribution < -0.4 is 0 Å². The van der Waals surface area contributed by atoms with Crippen molar-refractivity contribution in [2.24, 2.45) is 63.6 Å². The van der Waals surface area contributed by atoms with Gasteiger partial charge in [0.15, 0.2) is 0 Å². The molecule has 182 valence electrons. The third kappa shape index (κ3) is 2.65. The van der Waals surface area contributed by atoms with Crippen molar-refractivity contribution in [2.45, 2.75) is 101 Å². The minimum Gasteiger partial charge on any atom is -0.389 e. The average molecular weight is 445 g/mol. The first-order valence-corrected chi connectivity index (χ1v) is 13.3. The van der Waals surface area contributed by atoms with Gasteiger partial charge in [0.1, 0.15) is 5.78 Å². The maximum Gasteiger partial charge on any atom is 0.140 e. The summed E-state index contributed by atoms with van der Waals surface area (Å²) in [6.07, 6.45) is 1.92. The summed E-state index contributed by atoms with van der Waals surface area (Å²) in [4.78, 5) is 14.4. The van der Waals surface area contributed by atoms with Crippen LogP contribution in [-0.2, 0) is 4.79 Å². The summed E-state index contributed by atoms with van der Waals surface area (Å²) in [6, 6.07) is 0. The lowest BCUT2D eigenvalue weighted by Crippen LogP contribution is -2.72. The molecule has 0 aromatic heterocycles. The number of allylic oxidation sites excluding steroid dienone is 1. The van der Waals surface area contributed by atoms with E-state index in [1.807, 2.05) is 0 Å². The molecule has 0 amide bonds. The van der Waals surface area contributed by atoms with E-state index in [1.165, 1.54) is 12.8 Å².